The molecule has 0 aliphatic heterocycles. The van der Waals surface area contributed by atoms with Crippen LogP contribution in [0.5, 0.6) is 5.75 Å². The minimum absolute atomic E-state index is 0.00123. The van der Waals surface area contributed by atoms with Gasteiger partial charge in [-0.1, -0.05) is 50.6 Å². The molecule has 0 saturated heterocycles. The van der Waals surface area contributed by atoms with Crippen molar-refractivity contribution in [3.63, 3.8) is 0 Å². The Morgan fingerprint density at radius 1 is 0.913 bits per heavy atom. The Kier molecular flexibility index (Phi) is 4.69. The maximum absolute atomic E-state index is 12.3. The fourth-order valence-corrected chi connectivity index (χ4v) is 2.29. The Morgan fingerprint density at radius 2 is 1.57 bits per heavy atom. The van der Waals surface area contributed by atoms with Crippen LogP contribution in [0.3, 0.4) is 0 Å². The van der Waals surface area contributed by atoms with Crippen molar-refractivity contribution in [1.29, 1.82) is 0 Å². The summed E-state index contributed by atoms with van der Waals surface area (Å²) in [4.78, 5) is 24.7. The van der Waals surface area contributed by atoms with Gasteiger partial charge >= 0.3 is 5.97 Å². The zero-order valence-electron chi connectivity index (χ0n) is 14.3. The SMILES string of the molecule is Cc1ccc(OC(=O)c2cccc(C(=O)C(C)(C)C)c2)c(C)c1. The summed E-state index contributed by atoms with van der Waals surface area (Å²) in [5.74, 6) is 0.0762. The number of hydrogen-bond donors (Lipinski definition) is 0. The summed E-state index contributed by atoms with van der Waals surface area (Å²) in [5.41, 5.74) is 2.42. The number of hydrogen-bond acceptors (Lipinski definition) is 3. The van der Waals surface area contributed by atoms with E-state index in [9.17, 15) is 9.59 Å². The van der Waals surface area contributed by atoms with E-state index in [0.717, 1.165) is 11.1 Å². The van der Waals surface area contributed by atoms with Crippen molar-refractivity contribution in [1.82, 2.24) is 0 Å². The van der Waals surface area contributed by atoms with Crippen LogP contribution in [0.25, 0.3) is 0 Å². The highest BCUT2D eigenvalue weighted by molar-refractivity contribution is 6.02. The normalized spacial score (nSPS) is 11.2. The number of carbonyl (C=O) groups excluding carboxylic acids is 2. The second kappa shape index (κ2) is 6.37. The van der Waals surface area contributed by atoms with Crippen LogP contribution in [0.1, 0.15) is 52.6 Å². The molecule has 120 valence electrons. The van der Waals surface area contributed by atoms with Crippen molar-refractivity contribution in [2.75, 3.05) is 0 Å². The Balaban J connectivity index is 2.25. The van der Waals surface area contributed by atoms with Crippen molar-refractivity contribution in [2.45, 2.75) is 34.6 Å². The highest BCUT2D eigenvalue weighted by Crippen LogP contribution is 2.23. The molecule has 0 N–H and O–H groups in total. The van der Waals surface area contributed by atoms with Crippen LogP contribution in [-0.2, 0) is 0 Å². The molecule has 0 fully saturated rings. The number of benzene rings is 2. The first-order valence-corrected chi connectivity index (χ1v) is 7.63. The van der Waals surface area contributed by atoms with Gasteiger partial charge < -0.3 is 4.74 Å². The lowest BCUT2D eigenvalue weighted by Crippen LogP contribution is -2.20. The largest absolute Gasteiger partial charge is 0.423 e. The molecule has 0 aliphatic carbocycles. The van der Waals surface area contributed by atoms with Gasteiger partial charge in [-0.2, -0.15) is 0 Å². The monoisotopic (exact) mass is 310 g/mol. The predicted molar refractivity (Wildman–Crippen MR) is 91.1 cm³/mol. The Morgan fingerprint density at radius 3 is 2.17 bits per heavy atom. The lowest BCUT2D eigenvalue weighted by molar-refractivity contribution is 0.0733. The average Bonchev–Trinajstić information content (AvgIpc) is 2.48. The molecule has 2 aromatic carbocycles. The molecule has 3 heteroatoms. The molecule has 0 saturated carbocycles. The van der Waals surface area contributed by atoms with E-state index in [-0.39, 0.29) is 5.78 Å². The van der Waals surface area contributed by atoms with Gasteiger partial charge in [-0.05, 0) is 37.6 Å². The Hall–Kier alpha value is -2.42. The van der Waals surface area contributed by atoms with E-state index < -0.39 is 11.4 Å². The van der Waals surface area contributed by atoms with Crippen molar-refractivity contribution >= 4 is 11.8 Å². The summed E-state index contributed by atoms with van der Waals surface area (Å²) in [7, 11) is 0. The fraction of sp³-hybridized carbons (Fsp3) is 0.300. The smallest absolute Gasteiger partial charge is 0.343 e. The van der Waals surface area contributed by atoms with E-state index in [4.69, 9.17) is 4.74 Å². The molecule has 2 aromatic rings. The van der Waals surface area contributed by atoms with E-state index in [1.54, 1.807) is 30.3 Å². The van der Waals surface area contributed by atoms with Gasteiger partial charge in [0.05, 0.1) is 5.56 Å². The second-order valence-corrected chi connectivity index (χ2v) is 6.82. The first-order chi connectivity index (χ1) is 10.7. The van der Waals surface area contributed by atoms with Crippen molar-refractivity contribution in [3.8, 4) is 5.75 Å². The number of ether oxygens (including phenoxy) is 1. The molecule has 3 nitrogen and oxygen atoms in total. The van der Waals surface area contributed by atoms with Gasteiger partial charge in [0.2, 0.25) is 0 Å². The Labute approximate surface area is 137 Å². The number of Topliss-reactive ketones (excluding diaryl/α,β-unsaturated/α-hetero) is 1. The molecular formula is C20H22O3. The van der Waals surface area contributed by atoms with Gasteiger partial charge in [0.15, 0.2) is 5.78 Å². The number of esters is 1. The number of rotatable bonds is 3. The van der Waals surface area contributed by atoms with Crippen molar-refractivity contribution in [3.05, 3.63) is 64.7 Å². The van der Waals surface area contributed by atoms with Crippen LogP contribution in [0, 0.1) is 19.3 Å². The highest BCUT2D eigenvalue weighted by Gasteiger charge is 2.23. The highest BCUT2D eigenvalue weighted by atomic mass is 16.5. The molecule has 0 heterocycles. The van der Waals surface area contributed by atoms with Gasteiger partial charge in [-0.15, -0.1) is 0 Å². The predicted octanol–water partition coefficient (Wildman–Crippen LogP) is 4.75. The standard InChI is InChI=1S/C20H22O3/c1-13-9-10-17(14(2)11-13)23-19(22)16-8-6-7-15(12-16)18(21)20(3,4)5/h6-12H,1-5H3. The van der Waals surface area contributed by atoms with Crippen LogP contribution >= 0.6 is 0 Å². The quantitative estimate of drug-likeness (QED) is 0.467. The maximum Gasteiger partial charge on any atom is 0.343 e. The third-order valence-electron chi connectivity index (χ3n) is 3.57. The fourth-order valence-electron chi connectivity index (χ4n) is 2.29. The molecule has 23 heavy (non-hydrogen) atoms. The summed E-state index contributed by atoms with van der Waals surface area (Å²) < 4.78 is 5.46. The summed E-state index contributed by atoms with van der Waals surface area (Å²) in [6.07, 6.45) is 0. The van der Waals surface area contributed by atoms with Gasteiger partial charge in [-0.3, -0.25) is 4.79 Å². The summed E-state index contributed by atoms with van der Waals surface area (Å²) in [6, 6.07) is 12.3. The summed E-state index contributed by atoms with van der Waals surface area (Å²) >= 11 is 0. The third-order valence-corrected chi connectivity index (χ3v) is 3.57. The van der Waals surface area contributed by atoms with Gasteiger partial charge in [0.1, 0.15) is 5.75 Å². The molecule has 2 rings (SSSR count). The van der Waals surface area contributed by atoms with E-state index >= 15 is 0 Å². The van der Waals surface area contributed by atoms with Crippen LogP contribution < -0.4 is 4.74 Å². The van der Waals surface area contributed by atoms with Crippen LogP contribution in [0.2, 0.25) is 0 Å². The summed E-state index contributed by atoms with van der Waals surface area (Å²) in [5, 5.41) is 0. The maximum atomic E-state index is 12.3. The average molecular weight is 310 g/mol. The molecule has 0 aromatic heterocycles. The lowest BCUT2D eigenvalue weighted by Gasteiger charge is -2.17. The second-order valence-electron chi connectivity index (χ2n) is 6.82. The van der Waals surface area contributed by atoms with Crippen molar-refractivity contribution < 1.29 is 14.3 Å². The zero-order valence-corrected chi connectivity index (χ0v) is 14.3. The lowest BCUT2D eigenvalue weighted by atomic mass is 9.86. The van der Waals surface area contributed by atoms with Gasteiger partial charge in [0.25, 0.3) is 0 Å². The van der Waals surface area contributed by atoms with Crippen LogP contribution in [-0.4, -0.2) is 11.8 Å². The molecule has 0 amide bonds. The zero-order chi connectivity index (χ0) is 17.2. The van der Waals surface area contributed by atoms with E-state index in [1.165, 1.54) is 0 Å². The summed E-state index contributed by atoms with van der Waals surface area (Å²) in [6.45, 7) is 9.46. The van der Waals surface area contributed by atoms with Crippen LogP contribution in [0.15, 0.2) is 42.5 Å². The molecule has 0 radical (unpaired) electrons. The van der Waals surface area contributed by atoms with Gasteiger partial charge in [-0.25, -0.2) is 4.79 Å². The minimum atomic E-state index is -0.490. The van der Waals surface area contributed by atoms with E-state index in [1.807, 2.05) is 46.8 Å². The van der Waals surface area contributed by atoms with Gasteiger partial charge in [0, 0.05) is 11.0 Å². The third kappa shape index (κ3) is 4.07. The Bertz CT molecular complexity index is 752. The van der Waals surface area contributed by atoms with Crippen LogP contribution in [0.4, 0.5) is 0 Å². The molecule has 0 aliphatic rings. The first-order valence-electron chi connectivity index (χ1n) is 7.63. The molecule has 0 bridgehead atoms. The molecule has 0 unspecified atom stereocenters. The minimum Gasteiger partial charge on any atom is -0.423 e. The molecule has 0 atom stereocenters. The van der Waals surface area contributed by atoms with E-state index in [2.05, 4.69) is 0 Å². The number of aryl methyl sites for hydroxylation is 2. The topological polar surface area (TPSA) is 43.4 Å². The number of ketones is 1. The first kappa shape index (κ1) is 16.9. The molecular weight excluding hydrogens is 288 g/mol. The van der Waals surface area contributed by atoms with E-state index in [0.29, 0.717) is 16.9 Å². The molecule has 0 spiro atoms. The van der Waals surface area contributed by atoms with Crippen molar-refractivity contribution in [2.24, 2.45) is 5.41 Å². The number of carbonyl (C=O) groups is 2.